The van der Waals surface area contributed by atoms with Crippen molar-refractivity contribution in [1.82, 2.24) is 14.3 Å². The second-order valence-electron chi connectivity index (χ2n) is 8.35. The first-order valence-electron chi connectivity index (χ1n) is 11.8. The van der Waals surface area contributed by atoms with Gasteiger partial charge < -0.3 is 14.4 Å². The number of pyridine rings is 1. The molecule has 0 spiro atoms. The van der Waals surface area contributed by atoms with Gasteiger partial charge >= 0.3 is 5.97 Å². The molecule has 2 heterocycles. The summed E-state index contributed by atoms with van der Waals surface area (Å²) in [6.45, 7) is 6.97. The highest BCUT2D eigenvalue weighted by molar-refractivity contribution is 5.89. The zero-order valence-electron chi connectivity index (χ0n) is 20.0. The van der Waals surface area contributed by atoms with Gasteiger partial charge in [-0.15, -0.1) is 0 Å². The Bertz CT molecular complexity index is 1260. The molecule has 0 aliphatic heterocycles. The van der Waals surface area contributed by atoms with Crippen LogP contribution in [0.3, 0.4) is 0 Å². The van der Waals surface area contributed by atoms with Crippen molar-refractivity contribution in [3.63, 3.8) is 0 Å². The van der Waals surface area contributed by atoms with Crippen molar-refractivity contribution < 1.29 is 14.3 Å². The highest BCUT2D eigenvalue weighted by Crippen LogP contribution is 2.30. The van der Waals surface area contributed by atoms with Crippen LogP contribution >= 0.6 is 0 Å². The summed E-state index contributed by atoms with van der Waals surface area (Å²) in [5.74, 6) is 0.370. The average molecular weight is 462 g/mol. The van der Waals surface area contributed by atoms with Gasteiger partial charge in [0.25, 0.3) is 5.56 Å². The van der Waals surface area contributed by atoms with Gasteiger partial charge in [-0.05, 0) is 73.8 Å². The molecule has 0 unspecified atom stereocenters. The van der Waals surface area contributed by atoms with Crippen LogP contribution in [-0.4, -0.2) is 53.6 Å². The molecule has 7 heteroatoms. The number of hydrogen-bond acceptors (Lipinski definition) is 6. The number of ether oxygens (including phenoxy) is 2. The van der Waals surface area contributed by atoms with Gasteiger partial charge in [0.2, 0.25) is 0 Å². The fourth-order valence-electron chi connectivity index (χ4n) is 4.29. The lowest BCUT2D eigenvalue weighted by atomic mass is 9.91. The molecule has 0 bridgehead atoms. The Morgan fingerprint density at radius 2 is 1.88 bits per heavy atom. The molecule has 1 aliphatic rings. The summed E-state index contributed by atoms with van der Waals surface area (Å²) in [6.07, 6.45) is 6.04. The van der Waals surface area contributed by atoms with Gasteiger partial charge in [-0.2, -0.15) is 0 Å². The Labute approximate surface area is 199 Å². The van der Waals surface area contributed by atoms with Crippen molar-refractivity contribution in [2.24, 2.45) is 0 Å². The second-order valence-corrected chi connectivity index (χ2v) is 8.35. The molecular weight excluding hydrogens is 430 g/mol. The predicted molar refractivity (Wildman–Crippen MR) is 133 cm³/mol. The van der Waals surface area contributed by atoms with Crippen LogP contribution in [0.1, 0.15) is 53.9 Å². The first-order chi connectivity index (χ1) is 16.5. The lowest BCUT2D eigenvalue weighted by molar-refractivity contribution is 0.0466. The number of nitrogens with zero attached hydrogens (tertiary/aromatic N) is 3. The Morgan fingerprint density at radius 1 is 1.12 bits per heavy atom. The van der Waals surface area contributed by atoms with Crippen LogP contribution in [0.25, 0.3) is 17.3 Å². The van der Waals surface area contributed by atoms with E-state index >= 15 is 0 Å². The molecule has 0 atom stereocenters. The smallest absolute Gasteiger partial charge is 0.339 e. The summed E-state index contributed by atoms with van der Waals surface area (Å²) in [4.78, 5) is 32.9. The van der Waals surface area contributed by atoms with Crippen molar-refractivity contribution in [2.45, 2.75) is 33.1 Å². The molecule has 4 rings (SSSR count). The molecule has 0 fully saturated rings. The van der Waals surface area contributed by atoms with E-state index in [2.05, 4.69) is 24.8 Å². The molecule has 0 amide bonds. The van der Waals surface area contributed by atoms with E-state index in [0.717, 1.165) is 48.5 Å². The summed E-state index contributed by atoms with van der Waals surface area (Å²) in [6, 6.07) is 11.2. The van der Waals surface area contributed by atoms with Crippen LogP contribution in [0, 0.1) is 0 Å². The van der Waals surface area contributed by atoms with Gasteiger partial charge in [0.15, 0.2) is 0 Å². The van der Waals surface area contributed by atoms with E-state index in [-0.39, 0.29) is 5.56 Å². The number of methoxy groups -OCH3 is 1. The van der Waals surface area contributed by atoms with Gasteiger partial charge in [0.05, 0.1) is 18.4 Å². The maximum Gasteiger partial charge on any atom is 0.339 e. The van der Waals surface area contributed by atoms with Crippen molar-refractivity contribution in [1.29, 1.82) is 0 Å². The highest BCUT2D eigenvalue weighted by atomic mass is 16.5. The van der Waals surface area contributed by atoms with E-state index in [1.165, 1.54) is 4.40 Å². The fourth-order valence-corrected chi connectivity index (χ4v) is 4.29. The predicted octanol–water partition coefficient (Wildman–Crippen LogP) is 4.08. The number of hydrogen-bond donors (Lipinski definition) is 0. The van der Waals surface area contributed by atoms with Gasteiger partial charge in [-0.25, -0.2) is 9.78 Å². The van der Waals surface area contributed by atoms with E-state index in [1.54, 1.807) is 25.4 Å². The maximum atomic E-state index is 13.3. The molecule has 0 N–H and O–H groups in total. The second kappa shape index (κ2) is 10.7. The number of benzene rings is 1. The van der Waals surface area contributed by atoms with E-state index in [4.69, 9.17) is 14.5 Å². The van der Waals surface area contributed by atoms with E-state index in [9.17, 15) is 9.59 Å². The van der Waals surface area contributed by atoms with Gasteiger partial charge in [-0.1, -0.05) is 26.0 Å². The average Bonchev–Trinajstić information content (AvgIpc) is 2.87. The third-order valence-corrected chi connectivity index (χ3v) is 6.32. The number of esters is 1. The molecule has 3 aromatic rings. The van der Waals surface area contributed by atoms with E-state index in [0.29, 0.717) is 36.3 Å². The minimum Gasteiger partial charge on any atom is -0.497 e. The van der Waals surface area contributed by atoms with Crippen LogP contribution in [-0.2, 0) is 11.2 Å². The summed E-state index contributed by atoms with van der Waals surface area (Å²) in [7, 11) is 1.64. The highest BCUT2D eigenvalue weighted by Gasteiger charge is 2.21. The molecule has 178 valence electrons. The zero-order chi connectivity index (χ0) is 24.1. The largest absolute Gasteiger partial charge is 0.497 e. The van der Waals surface area contributed by atoms with Crippen molar-refractivity contribution in [2.75, 3.05) is 33.4 Å². The first-order valence-corrected chi connectivity index (χ1v) is 11.8. The Balaban J connectivity index is 1.62. The van der Waals surface area contributed by atoms with Gasteiger partial charge in [0, 0.05) is 18.3 Å². The third kappa shape index (κ3) is 5.04. The Morgan fingerprint density at radius 3 is 2.59 bits per heavy atom. The molecule has 0 radical (unpaired) electrons. The molecule has 1 aliphatic carbocycles. The number of likely N-dealkylation sites (N-methyl/N-ethyl adjacent to an activating group) is 1. The number of carbonyl (C=O) groups excluding carboxylic acids is 1. The molecule has 1 aromatic carbocycles. The first kappa shape index (κ1) is 23.7. The van der Waals surface area contributed by atoms with Gasteiger partial charge in [0.1, 0.15) is 18.0 Å². The van der Waals surface area contributed by atoms with Crippen LogP contribution in [0.2, 0.25) is 0 Å². The van der Waals surface area contributed by atoms with Crippen molar-refractivity contribution >= 4 is 23.3 Å². The molecule has 7 nitrogen and oxygen atoms in total. The van der Waals surface area contributed by atoms with Crippen LogP contribution in [0.4, 0.5) is 0 Å². The van der Waals surface area contributed by atoms with Crippen LogP contribution < -0.4 is 10.3 Å². The van der Waals surface area contributed by atoms with Crippen LogP contribution in [0.15, 0.2) is 47.4 Å². The lowest BCUT2D eigenvalue weighted by Gasteiger charge is -2.19. The number of rotatable bonds is 8. The monoisotopic (exact) mass is 461 g/mol. The molecule has 2 aromatic heterocycles. The standard InChI is InChI=1S/C27H31N3O4/c1-4-29(5-2)15-16-34-27(32)21-11-14-24-28-25-20(17-19-9-12-22(33-3)13-10-19)7-6-8-23(25)26(31)30(24)18-21/h9-14,17-18H,4-8,15-16H2,1-3H3. The minimum absolute atomic E-state index is 0.127. The molecular formula is C27H31N3O4. The lowest BCUT2D eigenvalue weighted by Crippen LogP contribution is -2.28. The zero-order valence-corrected chi connectivity index (χ0v) is 20.0. The van der Waals surface area contributed by atoms with Crippen molar-refractivity contribution in [3.05, 3.63) is 75.3 Å². The van der Waals surface area contributed by atoms with Gasteiger partial charge in [-0.3, -0.25) is 9.20 Å². The maximum absolute atomic E-state index is 13.3. The third-order valence-electron chi connectivity index (χ3n) is 6.32. The molecule has 0 saturated carbocycles. The minimum atomic E-state index is -0.432. The van der Waals surface area contributed by atoms with E-state index < -0.39 is 5.97 Å². The summed E-state index contributed by atoms with van der Waals surface area (Å²) >= 11 is 0. The topological polar surface area (TPSA) is 73.1 Å². The van der Waals surface area contributed by atoms with E-state index in [1.807, 2.05) is 24.3 Å². The number of aromatic nitrogens is 2. The molecule has 0 saturated heterocycles. The Kier molecular flexibility index (Phi) is 7.43. The SMILES string of the molecule is CCN(CC)CCOC(=O)c1ccc2nc3c(c(=O)n2c1)CCCC3=Cc1ccc(OC)cc1. The summed E-state index contributed by atoms with van der Waals surface area (Å²) < 4.78 is 12.1. The quantitative estimate of drug-likeness (QED) is 0.471. The van der Waals surface area contributed by atoms with Crippen molar-refractivity contribution in [3.8, 4) is 5.75 Å². The summed E-state index contributed by atoms with van der Waals surface area (Å²) in [5, 5.41) is 0. The fraction of sp³-hybridized carbons (Fsp3) is 0.370. The number of carbonyl (C=O) groups is 1. The normalized spacial score (nSPS) is 14.4. The molecule has 34 heavy (non-hydrogen) atoms. The van der Waals surface area contributed by atoms with Crippen LogP contribution in [0.5, 0.6) is 5.75 Å². The number of allylic oxidation sites excluding steroid dienone is 1. The number of fused-ring (bicyclic) bond motifs is 2. The summed E-state index contributed by atoms with van der Waals surface area (Å²) in [5.41, 5.74) is 4.27. The Hall–Kier alpha value is -3.45.